The maximum atomic E-state index is 5.73. The molecule has 3 heteroatoms. The lowest BCUT2D eigenvalue weighted by Gasteiger charge is -2.28. The first kappa shape index (κ1) is 11.0. The average Bonchev–Trinajstić information content (AvgIpc) is 2.15. The van der Waals surface area contributed by atoms with E-state index in [0.29, 0.717) is 6.10 Å². The Labute approximate surface area is 81.0 Å². The van der Waals surface area contributed by atoms with Gasteiger partial charge in [0.05, 0.1) is 6.10 Å². The van der Waals surface area contributed by atoms with Gasteiger partial charge in [0.15, 0.2) is 0 Å². The lowest BCUT2D eigenvalue weighted by Crippen LogP contribution is -2.34. The Morgan fingerprint density at radius 3 is 2.54 bits per heavy atom. The number of likely N-dealkylation sites (tertiary alicyclic amines) is 1. The minimum atomic E-state index is 0.494. The minimum Gasteiger partial charge on any atom is -0.385 e. The van der Waals surface area contributed by atoms with Gasteiger partial charge in [0, 0.05) is 33.4 Å². The second-order valence-corrected chi connectivity index (χ2v) is 3.72. The molecule has 78 valence electrons. The molecular formula is C10H21NO2. The first-order valence-electron chi connectivity index (χ1n) is 5.12. The monoisotopic (exact) mass is 187 g/mol. The van der Waals surface area contributed by atoms with Crippen molar-refractivity contribution >= 4 is 0 Å². The van der Waals surface area contributed by atoms with E-state index >= 15 is 0 Å². The van der Waals surface area contributed by atoms with Crippen LogP contribution in [0.25, 0.3) is 0 Å². The highest BCUT2D eigenvalue weighted by Crippen LogP contribution is 2.11. The predicted octanol–water partition coefficient (Wildman–Crippen LogP) is 1.13. The Balaban J connectivity index is 1.96. The lowest BCUT2D eigenvalue weighted by molar-refractivity contribution is 0.00445. The molecule has 1 aliphatic heterocycles. The maximum Gasteiger partial charge on any atom is 0.0599 e. The molecule has 0 saturated carbocycles. The summed E-state index contributed by atoms with van der Waals surface area (Å²) in [6.45, 7) is 4.01. The van der Waals surface area contributed by atoms with Gasteiger partial charge in [0.2, 0.25) is 0 Å². The van der Waals surface area contributed by atoms with Crippen molar-refractivity contribution in [3.8, 4) is 0 Å². The summed E-state index contributed by atoms with van der Waals surface area (Å²) in [6, 6.07) is 0. The fraction of sp³-hybridized carbons (Fsp3) is 1.00. The van der Waals surface area contributed by atoms with Crippen LogP contribution in [0.4, 0.5) is 0 Å². The summed E-state index contributed by atoms with van der Waals surface area (Å²) in [4.78, 5) is 2.36. The Bertz CT molecular complexity index is 122. The van der Waals surface area contributed by atoms with E-state index in [1.54, 1.807) is 7.11 Å². The molecule has 1 saturated heterocycles. The first-order valence-corrected chi connectivity index (χ1v) is 5.12. The van der Waals surface area contributed by atoms with E-state index < -0.39 is 0 Å². The zero-order valence-corrected chi connectivity index (χ0v) is 8.79. The standard InChI is InChI=1S/C10H21NO2/c1-11-6-4-10(5-7-11)13-9-3-8-12-2/h10H,3-9H2,1-2H3. The molecule has 0 atom stereocenters. The minimum absolute atomic E-state index is 0.494. The van der Waals surface area contributed by atoms with Crippen molar-refractivity contribution < 1.29 is 9.47 Å². The molecule has 1 heterocycles. The van der Waals surface area contributed by atoms with Crippen LogP contribution in [0.15, 0.2) is 0 Å². The quantitative estimate of drug-likeness (QED) is 0.602. The van der Waals surface area contributed by atoms with E-state index in [-0.39, 0.29) is 0 Å². The number of methoxy groups -OCH3 is 1. The summed E-state index contributed by atoms with van der Waals surface area (Å²) in [5.74, 6) is 0. The number of ether oxygens (including phenoxy) is 2. The maximum absolute atomic E-state index is 5.73. The van der Waals surface area contributed by atoms with Crippen molar-refractivity contribution in [1.82, 2.24) is 4.90 Å². The predicted molar refractivity (Wildman–Crippen MR) is 53.0 cm³/mol. The average molecular weight is 187 g/mol. The molecule has 0 N–H and O–H groups in total. The van der Waals surface area contributed by atoms with Crippen LogP contribution in [0.1, 0.15) is 19.3 Å². The highest BCUT2D eigenvalue weighted by Gasteiger charge is 2.16. The van der Waals surface area contributed by atoms with E-state index in [2.05, 4.69) is 11.9 Å². The van der Waals surface area contributed by atoms with Crippen LogP contribution in [-0.2, 0) is 9.47 Å². The molecule has 0 aromatic rings. The van der Waals surface area contributed by atoms with Crippen molar-refractivity contribution in [3.63, 3.8) is 0 Å². The van der Waals surface area contributed by atoms with Gasteiger partial charge in [-0.25, -0.2) is 0 Å². The van der Waals surface area contributed by atoms with Gasteiger partial charge in [-0.2, -0.15) is 0 Å². The molecule has 3 nitrogen and oxygen atoms in total. The molecule has 0 aromatic carbocycles. The highest BCUT2D eigenvalue weighted by atomic mass is 16.5. The summed E-state index contributed by atoms with van der Waals surface area (Å²) in [6.07, 6.45) is 3.88. The fourth-order valence-electron chi connectivity index (χ4n) is 1.60. The molecule has 0 radical (unpaired) electrons. The number of nitrogens with zero attached hydrogens (tertiary/aromatic N) is 1. The Morgan fingerprint density at radius 1 is 1.23 bits per heavy atom. The molecule has 0 spiro atoms. The van der Waals surface area contributed by atoms with Gasteiger partial charge < -0.3 is 14.4 Å². The number of hydrogen-bond donors (Lipinski definition) is 0. The van der Waals surface area contributed by atoms with Gasteiger partial charge in [0.25, 0.3) is 0 Å². The van der Waals surface area contributed by atoms with Crippen molar-refractivity contribution in [2.24, 2.45) is 0 Å². The summed E-state index contributed by atoms with van der Waals surface area (Å²) in [7, 11) is 3.90. The second kappa shape index (κ2) is 6.35. The van der Waals surface area contributed by atoms with E-state index in [9.17, 15) is 0 Å². The van der Waals surface area contributed by atoms with Crippen molar-refractivity contribution in [1.29, 1.82) is 0 Å². The number of piperidine rings is 1. The summed E-state index contributed by atoms with van der Waals surface area (Å²) in [5.41, 5.74) is 0. The van der Waals surface area contributed by atoms with Crippen LogP contribution in [0.2, 0.25) is 0 Å². The van der Waals surface area contributed by atoms with Crippen LogP contribution in [-0.4, -0.2) is 51.5 Å². The third-order valence-electron chi connectivity index (χ3n) is 2.51. The van der Waals surface area contributed by atoms with E-state index in [4.69, 9.17) is 9.47 Å². The molecule has 0 bridgehead atoms. The van der Waals surface area contributed by atoms with Crippen LogP contribution < -0.4 is 0 Å². The molecule has 0 unspecified atom stereocenters. The van der Waals surface area contributed by atoms with E-state index in [0.717, 1.165) is 19.6 Å². The molecule has 0 aliphatic carbocycles. The largest absolute Gasteiger partial charge is 0.385 e. The van der Waals surface area contributed by atoms with Crippen LogP contribution in [0, 0.1) is 0 Å². The Hall–Kier alpha value is -0.120. The summed E-state index contributed by atoms with van der Waals surface area (Å²) in [5, 5.41) is 0. The Kier molecular flexibility index (Phi) is 5.35. The van der Waals surface area contributed by atoms with Gasteiger partial charge in [-0.15, -0.1) is 0 Å². The van der Waals surface area contributed by atoms with Crippen LogP contribution in [0.3, 0.4) is 0 Å². The SMILES string of the molecule is COCCCOC1CCN(C)CC1. The fourth-order valence-corrected chi connectivity index (χ4v) is 1.60. The third kappa shape index (κ3) is 4.60. The van der Waals surface area contributed by atoms with Gasteiger partial charge in [-0.3, -0.25) is 0 Å². The van der Waals surface area contributed by atoms with Crippen LogP contribution in [0.5, 0.6) is 0 Å². The summed E-state index contributed by atoms with van der Waals surface area (Å²) < 4.78 is 10.7. The normalized spacial score (nSPS) is 20.8. The zero-order chi connectivity index (χ0) is 9.52. The number of rotatable bonds is 5. The molecule has 13 heavy (non-hydrogen) atoms. The smallest absolute Gasteiger partial charge is 0.0599 e. The molecule has 0 amide bonds. The van der Waals surface area contributed by atoms with Crippen molar-refractivity contribution in [3.05, 3.63) is 0 Å². The lowest BCUT2D eigenvalue weighted by atomic mass is 10.1. The zero-order valence-electron chi connectivity index (χ0n) is 8.79. The first-order chi connectivity index (χ1) is 6.33. The van der Waals surface area contributed by atoms with Gasteiger partial charge in [-0.1, -0.05) is 0 Å². The second-order valence-electron chi connectivity index (χ2n) is 3.72. The highest BCUT2D eigenvalue weighted by molar-refractivity contribution is 4.69. The molecule has 1 rings (SSSR count). The molecule has 1 fully saturated rings. The summed E-state index contributed by atoms with van der Waals surface area (Å²) >= 11 is 0. The van der Waals surface area contributed by atoms with Crippen molar-refractivity contribution in [2.75, 3.05) is 40.5 Å². The van der Waals surface area contributed by atoms with Gasteiger partial charge in [0.1, 0.15) is 0 Å². The van der Waals surface area contributed by atoms with Crippen molar-refractivity contribution in [2.45, 2.75) is 25.4 Å². The van der Waals surface area contributed by atoms with E-state index in [1.807, 2.05) is 0 Å². The Morgan fingerprint density at radius 2 is 1.92 bits per heavy atom. The molecule has 1 aliphatic rings. The van der Waals surface area contributed by atoms with Gasteiger partial charge in [-0.05, 0) is 26.3 Å². The van der Waals surface area contributed by atoms with Gasteiger partial charge >= 0.3 is 0 Å². The topological polar surface area (TPSA) is 21.7 Å². The number of hydrogen-bond acceptors (Lipinski definition) is 3. The van der Waals surface area contributed by atoms with E-state index in [1.165, 1.54) is 25.9 Å². The molecule has 0 aromatic heterocycles. The molecular weight excluding hydrogens is 166 g/mol. The van der Waals surface area contributed by atoms with Crippen LogP contribution >= 0.6 is 0 Å². The third-order valence-corrected chi connectivity index (χ3v) is 2.51.